The Balaban J connectivity index is 1.90. The molecule has 1 fully saturated rings. The highest BCUT2D eigenvalue weighted by molar-refractivity contribution is 7.90. The third-order valence-electron chi connectivity index (χ3n) is 5.48. The summed E-state index contributed by atoms with van der Waals surface area (Å²) in [6.45, 7) is 1.80. The highest BCUT2D eigenvalue weighted by Crippen LogP contribution is 2.39. The highest BCUT2D eigenvalue weighted by atomic mass is 32.2. The summed E-state index contributed by atoms with van der Waals surface area (Å²) in [6, 6.07) is 5.60. The summed E-state index contributed by atoms with van der Waals surface area (Å²) in [4.78, 5) is 40.2. The number of imide groups is 1. The van der Waals surface area contributed by atoms with Crippen LogP contribution in [0.4, 0.5) is 5.69 Å². The summed E-state index contributed by atoms with van der Waals surface area (Å²) < 4.78 is 76.5. The Morgan fingerprint density at radius 3 is 2.65 bits per heavy atom. The molecule has 0 radical (unpaired) electrons. The van der Waals surface area contributed by atoms with Crippen LogP contribution in [0.25, 0.3) is 0 Å². The molecular weight excluding hydrogens is 460 g/mol. The summed E-state index contributed by atoms with van der Waals surface area (Å²) >= 11 is 0. The van der Waals surface area contributed by atoms with Gasteiger partial charge in [-0.3, -0.25) is 19.3 Å². The Morgan fingerprint density at radius 2 is 2.00 bits per heavy atom. The van der Waals surface area contributed by atoms with Crippen molar-refractivity contribution in [2.24, 2.45) is 5.92 Å². The normalized spacial score (nSPS) is 19.2. The minimum atomic E-state index is -5.62. The number of hydrogen-bond donors (Lipinski definition) is 1. The van der Waals surface area contributed by atoms with Crippen molar-refractivity contribution in [3.8, 4) is 11.5 Å². The molecule has 34 heavy (non-hydrogen) atoms. The fraction of sp³-hybridized carbons (Fsp3) is 0.375. The number of rotatable bonds is 9. The predicted octanol–water partition coefficient (Wildman–Crippen LogP) is 2.82. The van der Waals surface area contributed by atoms with Crippen LogP contribution in [0.15, 0.2) is 36.4 Å². The lowest BCUT2D eigenvalue weighted by atomic mass is 10.1. The highest BCUT2D eigenvalue weighted by Gasteiger charge is 2.44. The van der Waals surface area contributed by atoms with Gasteiger partial charge in [-0.15, -0.1) is 0 Å². The van der Waals surface area contributed by atoms with Gasteiger partial charge in [-0.05, 0) is 49.6 Å². The first-order valence-electron chi connectivity index (χ1n) is 13.0. The fourth-order valence-electron chi connectivity index (χ4n) is 3.77. The van der Waals surface area contributed by atoms with E-state index >= 15 is 0 Å². The van der Waals surface area contributed by atoms with E-state index in [0.29, 0.717) is 17.7 Å². The molecule has 10 heteroatoms. The Bertz CT molecular complexity index is 1460. The largest absolute Gasteiger partial charge is 0.493 e. The van der Waals surface area contributed by atoms with E-state index in [0.717, 1.165) is 0 Å². The molecule has 9 nitrogen and oxygen atoms in total. The molecule has 1 saturated carbocycles. The van der Waals surface area contributed by atoms with E-state index in [1.54, 1.807) is 6.92 Å². The van der Waals surface area contributed by atoms with Crippen LogP contribution in [0.2, 0.25) is 0 Å². The number of amides is 3. The number of benzene rings is 2. The fourth-order valence-corrected chi connectivity index (χ4v) is 4.31. The molecule has 180 valence electrons. The van der Waals surface area contributed by atoms with Crippen molar-refractivity contribution in [3.05, 3.63) is 53.1 Å². The number of carbonyl (C=O) groups is 3. The predicted molar refractivity (Wildman–Crippen MR) is 125 cm³/mol. The van der Waals surface area contributed by atoms with Gasteiger partial charge in [0.15, 0.2) is 11.5 Å². The monoisotopic (exact) mass is 491 g/mol. The first-order valence-corrected chi connectivity index (χ1v) is 12.0. The maximum Gasteiger partial charge on any atom is 0.264 e. The molecule has 0 aromatic heterocycles. The summed E-state index contributed by atoms with van der Waals surface area (Å²) in [5.74, 6) is -2.47. The summed E-state index contributed by atoms with van der Waals surface area (Å²) in [6.07, 6.45) is -2.46. The third kappa shape index (κ3) is 4.63. The van der Waals surface area contributed by atoms with E-state index in [9.17, 15) is 22.8 Å². The molecule has 1 heterocycles. The lowest BCUT2D eigenvalue weighted by Crippen LogP contribution is -2.37. The van der Waals surface area contributed by atoms with Crippen LogP contribution >= 0.6 is 0 Å². The quantitative estimate of drug-likeness (QED) is 0.536. The summed E-state index contributed by atoms with van der Waals surface area (Å²) in [5.41, 5.74) is -4.34. The topological polar surface area (TPSA) is 119 Å². The first-order chi connectivity index (χ1) is 18.2. The number of hydrogen-bond acceptors (Lipinski definition) is 7. The van der Waals surface area contributed by atoms with Crippen LogP contribution in [-0.2, 0) is 14.6 Å². The van der Waals surface area contributed by atoms with Gasteiger partial charge in [0.2, 0.25) is 5.91 Å². The summed E-state index contributed by atoms with van der Waals surface area (Å²) in [5, 5.41) is 2.61. The zero-order chi connectivity index (χ0) is 28.9. The molecule has 0 saturated heterocycles. The standard InChI is InChI=1S/C24H26N2O7S/c1-4-33-20-12-15(10-11-19(20)32-2)18(13-34(3,30)31)26-23(28)16-6-5-7-17(21(16)24(26)29)25-22(27)14-8-9-14/h5-7,10-12,14,18H,4,8-9,13H2,1-3H3,(H,25,27)/t18-/m0/s1/i3D3,13D2. The van der Waals surface area contributed by atoms with E-state index < -0.39 is 39.6 Å². The van der Waals surface area contributed by atoms with Crippen LogP contribution in [0.3, 0.4) is 0 Å². The van der Waals surface area contributed by atoms with Gasteiger partial charge in [0.05, 0.1) is 42.3 Å². The summed E-state index contributed by atoms with van der Waals surface area (Å²) in [7, 11) is -4.28. The third-order valence-corrected chi connectivity index (χ3v) is 6.01. The van der Waals surface area contributed by atoms with Crippen molar-refractivity contribution in [2.75, 3.05) is 30.9 Å². The number of methoxy groups -OCH3 is 1. The van der Waals surface area contributed by atoms with Crippen molar-refractivity contribution in [2.45, 2.75) is 25.8 Å². The van der Waals surface area contributed by atoms with Gasteiger partial charge in [-0.1, -0.05) is 12.1 Å². The molecular formula is C24H26N2O7S. The molecule has 0 unspecified atom stereocenters. The van der Waals surface area contributed by atoms with E-state index in [-0.39, 0.29) is 52.3 Å². The average Bonchev–Trinajstić information content (AvgIpc) is 3.68. The van der Waals surface area contributed by atoms with Crippen LogP contribution in [0, 0.1) is 5.92 Å². The minimum Gasteiger partial charge on any atom is -0.493 e. The van der Waals surface area contributed by atoms with Crippen molar-refractivity contribution in [1.82, 2.24) is 4.90 Å². The zero-order valence-electron chi connectivity index (χ0n) is 23.5. The van der Waals surface area contributed by atoms with Gasteiger partial charge < -0.3 is 14.8 Å². The molecule has 1 atom stereocenters. The van der Waals surface area contributed by atoms with Crippen molar-refractivity contribution < 1.29 is 39.1 Å². The number of nitrogens with zero attached hydrogens (tertiary/aromatic N) is 1. The second-order valence-corrected chi connectivity index (χ2v) is 9.08. The molecule has 1 aliphatic carbocycles. The van der Waals surface area contributed by atoms with Crippen LogP contribution < -0.4 is 14.8 Å². The van der Waals surface area contributed by atoms with E-state index in [4.69, 9.17) is 16.3 Å². The molecule has 3 amide bonds. The molecule has 2 aromatic rings. The Kier molecular flexibility index (Phi) is 4.81. The zero-order valence-corrected chi connectivity index (χ0v) is 19.3. The Hall–Kier alpha value is -3.40. The molecule has 2 aliphatic rings. The van der Waals surface area contributed by atoms with Crippen molar-refractivity contribution >= 4 is 33.2 Å². The van der Waals surface area contributed by atoms with E-state index in [1.165, 1.54) is 43.5 Å². The number of anilines is 1. The minimum absolute atomic E-state index is 0.00739. The Labute approximate surface area is 205 Å². The number of sulfone groups is 1. The van der Waals surface area contributed by atoms with Gasteiger partial charge in [0.25, 0.3) is 11.8 Å². The molecule has 1 aliphatic heterocycles. The van der Waals surface area contributed by atoms with E-state index in [1.807, 2.05) is 0 Å². The van der Waals surface area contributed by atoms with Crippen LogP contribution in [0.5, 0.6) is 11.5 Å². The van der Waals surface area contributed by atoms with Gasteiger partial charge in [0.1, 0.15) is 9.84 Å². The maximum atomic E-state index is 13.8. The second kappa shape index (κ2) is 9.09. The smallest absolute Gasteiger partial charge is 0.264 e. The molecule has 0 spiro atoms. The number of fused-ring (bicyclic) bond motifs is 1. The van der Waals surface area contributed by atoms with E-state index in [2.05, 4.69) is 5.32 Å². The second-order valence-electron chi connectivity index (χ2n) is 7.84. The molecule has 2 aromatic carbocycles. The van der Waals surface area contributed by atoms with Gasteiger partial charge >= 0.3 is 0 Å². The Morgan fingerprint density at radius 1 is 1.24 bits per heavy atom. The number of carbonyl (C=O) groups excluding carboxylic acids is 3. The van der Waals surface area contributed by atoms with Gasteiger partial charge in [0, 0.05) is 19.0 Å². The van der Waals surface area contributed by atoms with Gasteiger partial charge in [-0.2, -0.15) is 0 Å². The molecule has 0 bridgehead atoms. The average molecular weight is 492 g/mol. The molecule has 1 N–H and O–H groups in total. The van der Waals surface area contributed by atoms with Crippen molar-refractivity contribution in [3.63, 3.8) is 0 Å². The van der Waals surface area contributed by atoms with Crippen LogP contribution in [-0.4, -0.2) is 56.6 Å². The number of ether oxygens (including phenoxy) is 2. The SMILES string of the molecule is [2H]C([2H])([2H])S(=O)(=O)C([2H])([2H])[C@@H](c1ccc(OC)c(OCC)c1)N1C(=O)c2cccc(NC(=O)C3CC3)c2C1=O. The lowest BCUT2D eigenvalue weighted by Gasteiger charge is -2.27. The lowest BCUT2D eigenvalue weighted by molar-refractivity contribution is -0.117. The molecule has 4 rings (SSSR count). The number of nitrogens with one attached hydrogen (secondary N) is 1. The van der Waals surface area contributed by atoms with Crippen molar-refractivity contribution in [1.29, 1.82) is 0 Å². The van der Waals surface area contributed by atoms with Gasteiger partial charge in [-0.25, -0.2) is 8.42 Å². The van der Waals surface area contributed by atoms with Crippen LogP contribution in [0.1, 0.15) is 58.9 Å². The maximum absolute atomic E-state index is 13.8. The first kappa shape index (κ1) is 18.0.